The molecule has 20 heavy (non-hydrogen) atoms. The monoisotopic (exact) mass is 294 g/mol. The van der Waals surface area contributed by atoms with Gasteiger partial charge in [-0.3, -0.25) is 4.79 Å². The van der Waals surface area contributed by atoms with E-state index < -0.39 is 6.10 Å². The highest BCUT2D eigenvalue weighted by molar-refractivity contribution is 6.30. The molecule has 0 amide bonds. The van der Waals surface area contributed by atoms with Crippen LogP contribution in [-0.2, 0) is 6.54 Å². The average Bonchev–Trinajstić information content (AvgIpc) is 2.45. The van der Waals surface area contributed by atoms with E-state index in [1.165, 1.54) is 16.8 Å². The van der Waals surface area contributed by atoms with E-state index in [9.17, 15) is 9.90 Å². The first-order valence-corrected chi connectivity index (χ1v) is 6.66. The summed E-state index contributed by atoms with van der Waals surface area (Å²) in [6, 6.07) is 9.68. The molecule has 0 aliphatic carbocycles. The van der Waals surface area contributed by atoms with E-state index in [0.29, 0.717) is 17.2 Å². The first-order chi connectivity index (χ1) is 9.58. The maximum atomic E-state index is 11.6. The number of aromatic nitrogens is 2. The van der Waals surface area contributed by atoms with E-state index in [0.717, 1.165) is 0 Å². The highest BCUT2D eigenvalue weighted by Crippen LogP contribution is 2.20. The van der Waals surface area contributed by atoms with Crippen LogP contribution in [0.4, 0.5) is 0 Å². The number of hydrogen-bond acceptors (Lipinski definition) is 4. The number of ether oxygens (including phenoxy) is 1. The van der Waals surface area contributed by atoms with Crippen LogP contribution in [0, 0.1) is 0 Å². The Morgan fingerprint density at radius 1 is 1.30 bits per heavy atom. The van der Waals surface area contributed by atoms with Crippen molar-refractivity contribution >= 4 is 11.6 Å². The second kappa shape index (κ2) is 6.54. The third-order valence-electron chi connectivity index (χ3n) is 2.73. The molecule has 1 unspecified atom stereocenters. The molecule has 1 atom stereocenters. The van der Waals surface area contributed by atoms with E-state index in [2.05, 4.69) is 5.10 Å². The Kier molecular flexibility index (Phi) is 4.76. The molecular weight excluding hydrogens is 280 g/mol. The highest BCUT2D eigenvalue weighted by atomic mass is 35.5. The standard InChI is InChI=1S/C14H15ClN2O3/c1-2-11(18)9-17-14(19)8-7-13(16-17)20-12-5-3-10(15)4-6-12/h3-8,11,18H,2,9H2,1H3. The molecule has 0 bridgehead atoms. The number of nitrogens with zero attached hydrogens (tertiary/aromatic N) is 2. The summed E-state index contributed by atoms with van der Waals surface area (Å²) in [6.45, 7) is 1.98. The van der Waals surface area contributed by atoms with Crippen LogP contribution in [-0.4, -0.2) is 21.0 Å². The molecule has 0 fully saturated rings. The average molecular weight is 295 g/mol. The van der Waals surface area contributed by atoms with Gasteiger partial charge in [-0.05, 0) is 30.7 Å². The van der Waals surface area contributed by atoms with E-state index in [1.54, 1.807) is 24.3 Å². The van der Waals surface area contributed by atoms with Crippen molar-refractivity contribution in [3.63, 3.8) is 0 Å². The number of hydrogen-bond donors (Lipinski definition) is 1. The third kappa shape index (κ3) is 3.82. The van der Waals surface area contributed by atoms with Gasteiger partial charge in [-0.15, -0.1) is 5.10 Å². The summed E-state index contributed by atoms with van der Waals surface area (Å²) < 4.78 is 6.73. The zero-order valence-electron chi connectivity index (χ0n) is 11.0. The molecule has 2 aromatic rings. The Morgan fingerprint density at radius 2 is 2.00 bits per heavy atom. The van der Waals surface area contributed by atoms with Crippen LogP contribution in [0.5, 0.6) is 11.6 Å². The molecule has 0 aliphatic heterocycles. The molecule has 0 aliphatic rings. The first kappa shape index (κ1) is 14.6. The van der Waals surface area contributed by atoms with Gasteiger partial charge in [-0.25, -0.2) is 4.68 Å². The molecule has 1 heterocycles. The number of aliphatic hydroxyl groups is 1. The fraction of sp³-hybridized carbons (Fsp3) is 0.286. The molecule has 2 rings (SSSR count). The number of halogens is 1. The van der Waals surface area contributed by atoms with Gasteiger partial charge in [0.2, 0.25) is 5.88 Å². The van der Waals surface area contributed by atoms with Crippen molar-refractivity contribution in [1.29, 1.82) is 0 Å². The minimum Gasteiger partial charge on any atom is -0.438 e. The Labute approximate surface area is 121 Å². The summed E-state index contributed by atoms with van der Waals surface area (Å²) in [5.74, 6) is 0.860. The third-order valence-corrected chi connectivity index (χ3v) is 2.99. The SMILES string of the molecule is CCC(O)Cn1nc(Oc2ccc(Cl)cc2)ccc1=O. The van der Waals surface area contributed by atoms with Gasteiger partial charge in [0.25, 0.3) is 5.56 Å². The normalized spacial score (nSPS) is 12.2. The smallest absolute Gasteiger partial charge is 0.267 e. The fourth-order valence-corrected chi connectivity index (χ4v) is 1.69. The van der Waals surface area contributed by atoms with Gasteiger partial charge in [-0.1, -0.05) is 18.5 Å². The van der Waals surface area contributed by atoms with Gasteiger partial charge >= 0.3 is 0 Å². The van der Waals surface area contributed by atoms with Crippen molar-refractivity contribution in [2.45, 2.75) is 26.0 Å². The van der Waals surface area contributed by atoms with Crippen LogP contribution in [0.3, 0.4) is 0 Å². The lowest BCUT2D eigenvalue weighted by Gasteiger charge is -2.11. The Balaban J connectivity index is 2.18. The molecule has 0 saturated heterocycles. The van der Waals surface area contributed by atoms with E-state index in [-0.39, 0.29) is 18.0 Å². The van der Waals surface area contributed by atoms with E-state index in [4.69, 9.17) is 16.3 Å². The molecule has 0 saturated carbocycles. The lowest BCUT2D eigenvalue weighted by Crippen LogP contribution is -2.27. The molecular formula is C14H15ClN2O3. The largest absolute Gasteiger partial charge is 0.438 e. The fourth-order valence-electron chi connectivity index (χ4n) is 1.57. The van der Waals surface area contributed by atoms with Crippen molar-refractivity contribution < 1.29 is 9.84 Å². The lowest BCUT2D eigenvalue weighted by molar-refractivity contribution is 0.142. The van der Waals surface area contributed by atoms with Gasteiger partial charge in [0.05, 0.1) is 12.6 Å². The molecule has 1 aromatic heterocycles. The Hall–Kier alpha value is -1.85. The van der Waals surface area contributed by atoms with Gasteiger partial charge in [0.1, 0.15) is 5.75 Å². The molecule has 6 heteroatoms. The van der Waals surface area contributed by atoms with Gasteiger partial charge in [0.15, 0.2) is 0 Å². The summed E-state index contributed by atoms with van der Waals surface area (Å²) in [7, 11) is 0. The summed E-state index contributed by atoms with van der Waals surface area (Å²) in [5.41, 5.74) is -0.277. The summed E-state index contributed by atoms with van der Waals surface area (Å²) >= 11 is 5.79. The maximum Gasteiger partial charge on any atom is 0.267 e. The van der Waals surface area contributed by atoms with Crippen LogP contribution < -0.4 is 10.3 Å². The lowest BCUT2D eigenvalue weighted by atomic mass is 10.3. The molecule has 0 radical (unpaired) electrons. The van der Waals surface area contributed by atoms with Crippen molar-refractivity contribution in [3.05, 3.63) is 51.8 Å². The summed E-state index contributed by atoms with van der Waals surface area (Å²) in [4.78, 5) is 11.6. The predicted molar refractivity (Wildman–Crippen MR) is 76.3 cm³/mol. The Bertz CT molecular complexity index is 625. The minimum atomic E-state index is -0.606. The van der Waals surface area contributed by atoms with Crippen molar-refractivity contribution in [1.82, 2.24) is 9.78 Å². The number of benzene rings is 1. The van der Waals surface area contributed by atoms with Crippen LogP contribution in [0.2, 0.25) is 5.02 Å². The van der Waals surface area contributed by atoms with Crippen LogP contribution >= 0.6 is 11.6 Å². The molecule has 5 nitrogen and oxygen atoms in total. The minimum absolute atomic E-state index is 0.146. The van der Waals surface area contributed by atoms with Crippen LogP contribution in [0.25, 0.3) is 0 Å². The quantitative estimate of drug-likeness (QED) is 0.920. The first-order valence-electron chi connectivity index (χ1n) is 6.28. The molecule has 106 valence electrons. The Morgan fingerprint density at radius 3 is 2.65 bits per heavy atom. The second-order valence-corrected chi connectivity index (χ2v) is 4.75. The summed E-state index contributed by atoms with van der Waals surface area (Å²) in [6.07, 6.45) is -0.0536. The zero-order chi connectivity index (χ0) is 14.5. The van der Waals surface area contributed by atoms with Gasteiger partial charge in [0, 0.05) is 17.2 Å². The van der Waals surface area contributed by atoms with E-state index >= 15 is 0 Å². The molecule has 1 aromatic carbocycles. The number of rotatable bonds is 5. The number of aliphatic hydroxyl groups excluding tert-OH is 1. The maximum absolute atomic E-state index is 11.6. The van der Waals surface area contributed by atoms with Crippen molar-refractivity contribution in [3.8, 4) is 11.6 Å². The molecule has 1 N–H and O–H groups in total. The van der Waals surface area contributed by atoms with Crippen LogP contribution in [0.15, 0.2) is 41.2 Å². The van der Waals surface area contributed by atoms with Crippen molar-refractivity contribution in [2.24, 2.45) is 0 Å². The summed E-state index contributed by atoms with van der Waals surface area (Å²) in [5, 5.41) is 14.3. The van der Waals surface area contributed by atoms with Crippen LogP contribution in [0.1, 0.15) is 13.3 Å². The van der Waals surface area contributed by atoms with E-state index in [1.807, 2.05) is 6.92 Å². The zero-order valence-corrected chi connectivity index (χ0v) is 11.7. The van der Waals surface area contributed by atoms with Crippen molar-refractivity contribution in [2.75, 3.05) is 0 Å². The second-order valence-electron chi connectivity index (χ2n) is 4.31. The molecule has 0 spiro atoms. The topological polar surface area (TPSA) is 64.3 Å². The predicted octanol–water partition coefficient (Wildman–Crippen LogP) is 2.46. The van der Waals surface area contributed by atoms with Gasteiger partial charge in [-0.2, -0.15) is 0 Å². The highest BCUT2D eigenvalue weighted by Gasteiger charge is 2.07. The van der Waals surface area contributed by atoms with Gasteiger partial charge < -0.3 is 9.84 Å².